The average Bonchev–Trinajstić information content (AvgIpc) is 3.50. The van der Waals surface area contributed by atoms with Crippen molar-refractivity contribution < 1.29 is 22.7 Å². The van der Waals surface area contributed by atoms with Crippen LogP contribution >= 0.6 is 34.7 Å². The summed E-state index contributed by atoms with van der Waals surface area (Å²) in [7, 11) is -2.41. The molecule has 36 heavy (non-hydrogen) atoms. The Morgan fingerprint density at radius 3 is 2.64 bits per heavy atom. The molecule has 4 rings (SSSR count). The van der Waals surface area contributed by atoms with Crippen molar-refractivity contribution in [3.05, 3.63) is 93.7 Å². The van der Waals surface area contributed by atoms with Gasteiger partial charge >= 0.3 is 0 Å². The van der Waals surface area contributed by atoms with Gasteiger partial charge in [-0.3, -0.25) is 9.69 Å². The monoisotopic (exact) mass is 560 g/mol. The second-order valence-electron chi connectivity index (χ2n) is 7.39. The number of thiophene rings is 1. The summed E-state index contributed by atoms with van der Waals surface area (Å²) in [6.45, 7) is 4.05. The van der Waals surface area contributed by atoms with Gasteiger partial charge in [0, 0.05) is 17.1 Å². The molecule has 0 saturated carbocycles. The van der Waals surface area contributed by atoms with Gasteiger partial charge in [0.1, 0.15) is 10.8 Å². The minimum Gasteiger partial charge on any atom is -0.493 e. The molecule has 0 atom stereocenters. The molecule has 11 heteroatoms. The molecule has 3 aromatic rings. The summed E-state index contributed by atoms with van der Waals surface area (Å²) in [6, 6.07) is 15.8. The number of amidine groups is 1. The number of carbonyl (C=O) groups is 1. The Kier molecular flexibility index (Phi) is 8.20. The maximum atomic E-state index is 13.0. The Morgan fingerprint density at radius 1 is 1.14 bits per heavy atom. The zero-order valence-corrected chi connectivity index (χ0v) is 22.3. The lowest BCUT2D eigenvalue weighted by atomic mass is 10.1. The second-order valence-corrected chi connectivity index (χ2v) is 11.6. The molecule has 1 aromatic heterocycles. The highest BCUT2D eigenvalue weighted by Gasteiger charge is 2.34. The Morgan fingerprint density at radius 2 is 1.94 bits per heavy atom. The molecule has 1 saturated heterocycles. The van der Waals surface area contributed by atoms with E-state index in [1.165, 1.54) is 24.2 Å². The van der Waals surface area contributed by atoms with Gasteiger partial charge in [-0.15, -0.1) is 22.3 Å². The van der Waals surface area contributed by atoms with E-state index in [0.717, 1.165) is 28.7 Å². The molecule has 1 aliphatic rings. The first kappa shape index (κ1) is 26.0. The SMILES string of the molecule is C=CCN1C(=O)/C(=C/c2ccc(OCc3ccccc3Cl)c(OC)c2)SC1=NS(=O)(=O)c1cccs1. The summed E-state index contributed by atoms with van der Waals surface area (Å²) in [5, 5.41) is 2.34. The topological polar surface area (TPSA) is 85.3 Å². The molecule has 7 nitrogen and oxygen atoms in total. The highest BCUT2D eigenvalue weighted by molar-refractivity contribution is 8.19. The number of carbonyl (C=O) groups excluding carboxylic acids is 1. The Bertz CT molecular complexity index is 1450. The van der Waals surface area contributed by atoms with Crippen molar-refractivity contribution in [1.29, 1.82) is 0 Å². The predicted molar refractivity (Wildman–Crippen MR) is 145 cm³/mol. The molecule has 0 spiro atoms. The van der Waals surface area contributed by atoms with Crippen LogP contribution in [0, 0.1) is 0 Å². The molecule has 186 valence electrons. The van der Waals surface area contributed by atoms with Crippen LogP contribution in [0.5, 0.6) is 11.5 Å². The third-order valence-corrected chi connectivity index (χ3v) is 9.10. The van der Waals surface area contributed by atoms with E-state index in [4.69, 9.17) is 21.1 Å². The van der Waals surface area contributed by atoms with Crippen LogP contribution in [0.1, 0.15) is 11.1 Å². The highest BCUT2D eigenvalue weighted by atomic mass is 35.5. The van der Waals surface area contributed by atoms with Crippen LogP contribution in [0.25, 0.3) is 6.08 Å². The van der Waals surface area contributed by atoms with Crippen LogP contribution in [-0.4, -0.2) is 38.0 Å². The number of hydrogen-bond acceptors (Lipinski definition) is 7. The van der Waals surface area contributed by atoms with Gasteiger partial charge in [-0.25, -0.2) is 0 Å². The van der Waals surface area contributed by atoms with Crippen LogP contribution in [0.4, 0.5) is 0 Å². The summed E-state index contributed by atoms with van der Waals surface area (Å²) in [4.78, 5) is 14.7. The standard InChI is InChI=1S/C25H21ClN2O5S3/c1-3-12-28-24(29)22(35-25(28)27-36(30,31)23-9-6-13-34-23)15-17-10-11-20(21(14-17)32-2)33-16-18-7-4-5-8-19(18)26/h3-11,13-15H,1,12,16H2,2H3/b22-15-,27-25?. The van der Waals surface area contributed by atoms with Crippen molar-refractivity contribution in [2.45, 2.75) is 10.8 Å². The smallest absolute Gasteiger partial charge is 0.294 e. The van der Waals surface area contributed by atoms with Gasteiger partial charge in [-0.2, -0.15) is 8.42 Å². The number of methoxy groups -OCH3 is 1. The number of nitrogens with zero attached hydrogens (tertiary/aromatic N) is 2. The molecule has 2 aromatic carbocycles. The van der Waals surface area contributed by atoms with Crippen LogP contribution in [-0.2, 0) is 21.4 Å². The summed E-state index contributed by atoms with van der Waals surface area (Å²) in [5.41, 5.74) is 1.51. The van der Waals surface area contributed by atoms with Crippen molar-refractivity contribution in [2.24, 2.45) is 4.40 Å². The number of amides is 1. The van der Waals surface area contributed by atoms with E-state index in [1.54, 1.807) is 41.8 Å². The van der Waals surface area contributed by atoms with Crippen molar-refractivity contribution in [1.82, 2.24) is 4.90 Å². The van der Waals surface area contributed by atoms with E-state index >= 15 is 0 Å². The minimum absolute atomic E-state index is 0.0752. The van der Waals surface area contributed by atoms with E-state index in [1.807, 2.05) is 18.2 Å². The van der Waals surface area contributed by atoms with E-state index in [0.29, 0.717) is 27.0 Å². The molecule has 1 fully saturated rings. The van der Waals surface area contributed by atoms with E-state index in [-0.39, 0.29) is 28.4 Å². The van der Waals surface area contributed by atoms with Gasteiger partial charge in [0.15, 0.2) is 16.7 Å². The van der Waals surface area contributed by atoms with Gasteiger partial charge in [-0.1, -0.05) is 48.0 Å². The average molecular weight is 561 g/mol. The zero-order chi connectivity index (χ0) is 25.7. The summed E-state index contributed by atoms with van der Waals surface area (Å²) in [6.07, 6.45) is 3.17. The number of rotatable bonds is 9. The number of sulfonamides is 1. The summed E-state index contributed by atoms with van der Waals surface area (Å²) in [5.74, 6) is 0.629. The largest absolute Gasteiger partial charge is 0.493 e. The quantitative estimate of drug-likeness (QED) is 0.241. The van der Waals surface area contributed by atoms with E-state index in [2.05, 4.69) is 11.0 Å². The fraction of sp³-hybridized carbons (Fsp3) is 0.120. The third kappa shape index (κ3) is 5.84. The molecule has 0 unspecified atom stereocenters. The van der Waals surface area contributed by atoms with Crippen LogP contribution in [0.15, 0.2) is 86.1 Å². The molecular formula is C25H21ClN2O5S3. The van der Waals surface area contributed by atoms with Crippen molar-refractivity contribution >= 4 is 61.9 Å². The Hall–Kier alpha value is -3.05. The van der Waals surface area contributed by atoms with E-state index in [9.17, 15) is 13.2 Å². The van der Waals surface area contributed by atoms with Crippen LogP contribution in [0.3, 0.4) is 0 Å². The maximum absolute atomic E-state index is 13.0. The number of hydrogen-bond donors (Lipinski definition) is 0. The summed E-state index contributed by atoms with van der Waals surface area (Å²) >= 11 is 8.26. The third-order valence-electron chi connectivity index (χ3n) is 4.97. The van der Waals surface area contributed by atoms with E-state index < -0.39 is 10.0 Å². The molecule has 1 aliphatic heterocycles. The first-order chi connectivity index (χ1) is 17.3. The van der Waals surface area contributed by atoms with Gasteiger partial charge in [0.05, 0.1) is 12.0 Å². The number of halogens is 1. The van der Waals surface area contributed by atoms with Gasteiger partial charge < -0.3 is 9.47 Å². The minimum atomic E-state index is -3.94. The predicted octanol–water partition coefficient (Wildman–Crippen LogP) is 5.84. The van der Waals surface area contributed by atoms with Crippen molar-refractivity contribution in [3.8, 4) is 11.5 Å². The lowest BCUT2D eigenvalue weighted by molar-refractivity contribution is -0.121. The Labute approximate surface area is 222 Å². The number of thioether (sulfide) groups is 1. The number of benzene rings is 2. The van der Waals surface area contributed by atoms with Crippen LogP contribution < -0.4 is 9.47 Å². The fourth-order valence-corrected chi connectivity index (χ4v) is 6.59. The van der Waals surface area contributed by atoms with Gasteiger partial charge in [0.2, 0.25) is 0 Å². The molecule has 0 bridgehead atoms. The van der Waals surface area contributed by atoms with Crippen molar-refractivity contribution in [3.63, 3.8) is 0 Å². The second kappa shape index (κ2) is 11.3. The first-order valence-electron chi connectivity index (χ1n) is 10.6. The van der Waals surface area contributed by atoms with Gasteiger partial charge in [0.25, 0.3) is 15.9 Å². The lowest BCUT2D eigenvalue weighted by Crippen LogP contribution is -2.29. The highest BCUT2D eigenvalue weighted by Crippen LogP contribution is 2.36. The zero-order valence-electron chi connectivity index (χ0n) is 19.1. The lowest BCUT2D eigenvalue weighted by Gasteiger charge is -2.12. The van der Waals surface area contributed by atoms with Crippen LogP contribution in [0.2, 0.25) is 5.02 Å². The normalized spacial score (nSPS) is 16.1. The number of ether oxygens (including phenoxy) is 2. The molecule has 0 aliphatic carbocycles. The first-order valence-corrected chi connectivity index (χ1v) is 14.1. The molecule has 2 heterocycles. The molecule has 0 N–H and O–H groups in total. The molecule has 0 radical (unpaired) electrons. The van der Waals surface area contributed by atoms with Crippen molar-refractivity contribution in [2.75, 3.05) is 13.7 Å². The summed E-state index contributed by atoms with van der Waals surface area (Å²) < 4.78 is 40.7. The Balaban J connectivity index is 1.59. The maximum Gasteiger partial charge on any atom is 0.294 e. The molecular weight excluding hydrogens is 540 g/mol. The van der Waals surface area contributed by atoms with Gasteiger partial charge in [-0.05, 0) is 53.0 Å². The molecule has 1 amide bonds. The fourth-order valence-electron chi connectivity index (χ4n) is 3.24.